The maximum Gasteiger partial charge on any atom is 0.348 e. The van der Waals surface area contributed by atoms with Gasteiger partial charge in [-0.05, 0) is 38.5 Å². The van der Waals surface area contributed by atoms with E-state index in [4.69, 9.17) is 9.47 Å². The Hall–Kier alpha value is -1.38. The zero-order valence-corrected chi connectivity index (χ0v) is 16.5. The minimum Gasteiger partial charge on any atom is -0.378 e. The number of hydrogen-bond donors (Lipinski definition) is 0. The fraction of sp³-hybridized carbons (Fsp3) is 0.737. The number of carbonyl (C=O) groups is 1. The molecule has 0 N–H and O–H groups in total. The first-order valence-electron chi connectivity index (χ1n) is 9.95. The Morgan fingerprint density at radius 1 is 1.15 bits per heavy atom. The maximum atomic E-state index is 12.7. The quantitative estimate of drug-likeness (QED) is 0.554. The highest BCUT2D eigenvalue weighted by Gasteiger charge is 2.25. The molecule has 2 aliphatic heterocycles. The SMILES string of the molecule is O=C(CSc1nc(=O)n(CC2CCCO2)c2c1CCCC2)N1CCOCC1. The average molecular weight is 394 g/mol. The van der Waals surface area contributed by atoms with Crippen LogP contribution in [0.2, 0.25) is 0 Å². The Bertz CT molecular complexity index is 739. The molecule has 1 aromatic rings. The summed E-state index contributed by atoms with van der Waals surface area (Å²) in [4.78, 5) is 31.4. The Labute approximate surface area is 163 Å². The van der Waals surface area contributed by atoms with Crippen molar-refractivity contribution in [1.82, 2.24) is 14.5 Å². The molecule has 0 aromatic carbocycles. The van der Waals surface area contributed by atoms with Gasteiger partial charge in [-0.3, -0.25) is 9.36 Å². The van der Waals surface area contributed by atoms with Crippen molar-refractivity contribution in [3.63, 3.8) is 0 Å². The number of carbonyl (C=O) groups excluding carboxylic acids is 1. The number of nitrogens with zero attached hydrogens (tertiary/aromatic N) is 3. The minimum absolute atomic E-state index is 0.0955. The van der Waals surface area contributed by atoms with Crippen molar-refractivity contribution in [2.45, 2.75) is 56.2 Å². The van der Waals surface area contributed by atoms with Gasteiger partial charge in [0.05, 0.1) is 31.6 Å². The third-order valence-corrected chi connectivity index (χ3v) is 6.56. The third kappa shape index (κ3) is 4.38. The number of morpholine rings is 1. The van der Waals surface area contributed by atoms with Gasteiger partial charge in [-0.15, -0.1) is 0 Å². The monoisotopic (exact) mass is 393 g/mol. The zero-order valence-electron chi connectivity index (χ0n) is 15.7. The molecule has 8 heteroatoms. The predicted molar refractivity (Wildman–Crippen MR) is 102 cm³/mol. The normalized spacial score (nSPS) is 22.7. The Morgan fingerprint density at radius 3 is 2.74 bits per heavy atom. The standard InChI is InChI=1S/C19H27N3O4S/c23-17(21-7-10-25-11-8-21)13-27-18-15-5-1-2-6-16(15)22(19(24)20-18)12-14-4-3-9-26-14/h14H,1-13H2. The lowest BCUT2D eigenvalue weighted by Crippen LogP contribution is -2.41. The summed E-state index contributed by atoms with van der Waals surface area (Å²) in [6.07, 6.45) is 6.24. The fourth-order valence-electron chi connectivity index (χ4n) is 4.08. The fourth-order valence-corrected chi connectivity index (χ4v) is 5.06. The van der Waals surface area contributed by atoms with Crippen molar-refractivity contribution >= 4 is 17.7 Å². The van der Waals surface area contributed by atoms with Crippen LogP contribution < -0.4 is 5.69 Å². The zero-order chi connectivity index (χ0) is 18.6. The number of thioether (sulfide) groups is 1. The molecule has 1 unspecified atom stereocenters. The van der Waals surface area contributed by atoms with Crippen LogP contribution in [0, 0.1) is 0 Å². The van der Waals surface area contributed by atoms with Crippen LogP contribution in [-0.2, 0) is 33.7 Å². The van der Waals surface area contributed by atoms with Crippen LogP contribution in [0.25, 0.3) is 0 Å². The average Bonchev–Trinajstić information content (AvgIpc) is 3.22. The summed E-state index contributed by atoms with van der Waals surface area (Å²) < 4.78 is 12.9. The Balaban J connectivity index is 1.51. The summed E-state index contributed by atoms with van der Waals surface area (Å²) in [6, 6.07) is 0. The molecule has 3 heterocycles. The van der Waals surface area contributed by atoms with Gasteiger partial charge in [0.1, 0.15) is 5.03 Å². The van der Waals surface area contributed by atoms with E-state index < -0.39 is 0 Å². The van der Waals surface area contributed by atoms with Crippen LogP contribution in [0.3, 0.4) is 0 Å². The van der Waals surface area contributed by atoms with Crippen LogP contribution in [-0.4, -0.2) is 65.1 Å². The molecular formula is C19H27N3O4S. The summed E-state index contributed by atoms with van der Waals surface area (Å²) in [7, 11) is 0. The van der Waals surface area contributed by atoms with Crippen molar-refractivity contribution < 1.29 is 14.3 Å². The second-order valence-electron chi connectivity index (χ2n) is 7.36. The molecule has 0 saturated carbocycles. The van der Waals surface area contributed by atoms with Crippen LogP contribution in [0.1, 0.15) is 36.9 Å². The molecule has 1 aromatic heterocycles. The van der Waals surface area contributed by atoms with Crippen LogP contribution >= 0.6 is 11.8 Å². The molecule has 2 fully saturated rings. The first-order chi connectivity index (χ1) is 13.2. The molecule has 148 valence electrons. The lowest BCUT2D eigenvalue weighted by molar-refractivity contribution is -0.132. The molecule has 2 saturated heterocycles. The molecule has 27 heavy (non-hydrogen) atoms. The molecule has 1 atom stereocenters. The van der Waals surface area contributed by atoms with Crippen LogP contribution in [0.4, 0.5) is 0 Å². The van der Waals surface area contributed by atoms with E-state index in [9.17, 15) is 9.59 Å². The van der Waals surface area contributed by atoms with E-state index in [1.165, 1.54) is 17.3 Å². The van der Waals surface area contributed by atoms with Crippen molar-refractivity contribution in [3.8, 4) is 0 Å². The second-order valence-corrected chi connectivity index (χ2v) is 8.32. The molecule has 0 bridgehead atoms. The van der Waals surface area contributed by atoms with E-state index in [1.54, 1.807) is 0 Å². The molecular weight excluding hydrogens is 366 g/mol. The van der Waals surface area contributed by atoms with Gasteiger partial charge in [0.15, 0.2) is 0 Å². The van der Waals surface area contributed by atoms with Gasteiger partial charge >= 0.3 is 5.69 Å². The van der Waals surface area contributed by atoms with Crippen molar-refractivity contribution in [3.05, 3.63) is 21.7 Å². The summed E-state index contributed by atoms with van der Waals surface area (Å²) in [5.74, 6) is 0.424. The Kier molecular flexibility index (Phi) is 6.14. The topological polar surface area (TPSA) is 73.7 Å². The molecule has 7 nitrogen and oxygen atoms in total. The lowest BCUT2D eigenvalue weighted by atomic mass is 9.97. The van der Waals surface area contributed by atoms with Gasteiger partial charge in [-0.25, -0.2) is 4.79 Å². The number of rotatable bonds is 5. The van der Waals surface area contributed by atoms with Gasteiger partial charge in [0.25, 0.3) is 0 Å². The number of hydrogen-bond acceptors (Lipinski definition) is 6. The van der Waals surface area contributed by atoms with E-state index >= 15 is 0 Å². The van der Waals surface area contributed by atoms with E-state index in [0.29, 0.717) is 38.6 Å². The lowest BCUT2D eigenvalue weighted by Gasteiger charge is -2.27. The van der Waals surface area contributed by atoms with Crippen molar-refractivity contribution in [1.29, 1.82) is 0 Å². The molecule has 0 spiro atoms. The van der Waals surface area contributed by atoms with Gasteiger partial charge in [-0.1, -0.05) is 11.8 Å². The number of aromatic nitrogens is 2. The van der Waals surface area contributed by atoms with E-state index in [2.05, 4.69) is 4.98 Å². The highest BCUT2D eigenvalue weighted by atomic mass is 32.2. The smallest absolute Gasteiger partial charge is 0.348 e. The van der Waals surface area contributed by atoms with E-state index in [-0.39, 0.29) is 17.7 Å². The number of ether oxygens (including phenoxy) is 2. The summed E-state index contributed by atoms with van der Waals surface area (Å²) in [5.41, 5.74) is 2.07. The van der Waals surface area contributed by atoms with E-state index in [1.807, 2.05) is 9.47 Å². The van der Waals surface area contributed by atoms with Crippen molar-refractivity contribution in [2.75, 3.05) is 38.7 Å². The van der Waals surface area contributed by atoms with Gasteiger partial charge in [0, 0.05) is 31.0 Å². The van der Waals surface area contributed by atoms with Gasteiger partial charge < -0.3 is 14.4 Å². The first-order valence-corrected chi connectivity index (χ1v) is 10.9. The van der Waals surface area contributed by atoms with Crippen LogP contribution in [0.15, 0.2) is 9.82 Å². The number of amides is 1. The van der Waals surface area contributed by atoms with Crippen molar-refractivity contribution in [2.24, 2.45) is 0 Å². The highest BCUT2D eigenvalue weighted by Crippen LogP contribution is 2.29. The van der Waals surface area contributed by atoms with Gasteiger partial charge in [0.2, 0.25) is 5.91 Å². The minimum atomic E-state index is -0.201. The van der Waals surface area contributed by atoms with E-state index in [0.717, 1.165) is 55.9 Å². The molecule has 4 rings (SSSR count). The largest absolute Gasteiger partial charge is 0.378 e. The maximum absolute atomic E-state index is 12.7. The predicted octanol–water partition coefficient (Wildman–Crippen LogP) is 1.25. The number of fused-ring (bicyclic) bond motifs is 1. The summed E-state index contributed by atoms with van der Waals surface area (Å²) >= 11 is 1.41. The molecule has 1 amide bonds. The van der Waals surface area contributed by atoms with Crippen LogP contribution in [0.5, 0.6) is 0 Å². The molecule has 0 radical (unpaired) electrons. The second kappa shape index (κ2) is 8.75. The Morgan fingerprint density at radius 2 is 1.96 bits per heavy atom. The summed E-state index contributed by atoms with van der Waals surface area (Å²) in [5, 5.41) is 0.750. The third-order valence-electron chi connectivity index (χ3n) is 5.56. The summed E-state index contributed by atoms with van der Waals surface area (Å²) in [6.45, 7) is 3.88. The highest BCUT2D eigenvalue weighted by molar-refractivity contribution is 7.99. The first kappa shape index (κ1) is 19.0. The van der Waals surface area contributed by atoms with Gasteiger partial charge in [-0.2, -0.15) is 4.98 Å². The molecule has 1 aliphatic carbocycles. The molecule has 3 aliphatic rings.